The van der Waals surface area contributed by atoms with E-state index >= 15 is 0 Å². The van der Waals surface area contributed by atoms with Crippen molar-refractivity contribution in [1.82, 2.24) is 9.78 Å². The second-order valence-corrected chi connectivity index (χ2v) is 4.20. The lowest BCUT2D eigenvalue weighted by atomic mass is 10.2. The van der Waals surface area contributed by atoms with E-state index in [0.29, 0.717) is 28.4 Å². The van der Waals surface area contributed by atoms with Crippen molar-refractivity contribution in [3.8, 4) is 11.8 Å². The van der Waals surface area contributed by atoms with E-state index in [1.54, 1.807) is 38.2 Å². The molecule has 0 atom stereocenters. The molecule has 1 heterocycles. The number of para-hydroxylation sites is 1. The Balaban J connectivity index is 2.36. The Morgan fingerprint density at radius 3 is 2.80 bits per heavy atom. The summed E-state index contributed by atoms with van der Waals surface area (Å²) >= 11 is 0. The predicted octanol–water partition coefficient (Wildman–Crippen LogP) is 1.86. The van der Waals surface area contributed by atoms with Gasteiger partial charge in [0.2, 0.25) is 0 Å². The van der Waals surface area contributed by atoms with Crippen molar-refractivity contribution in [2.24, 2.45) is 7.05 Å². The van der Waals surface area contributed by atoms with Crippen LogP contribution >= 0.6 is 0 Å². The predicted molar refractivity (Wildman–Crippen MR) is 73.6 cm³/mol. The number of rotatable bonds is 3. The number of benzene rings is 1. The number of ether oxygens (including phenoxy) is 1. The Bertz CT molecular complexity index is 698. The molecule has 2 aromatic rings. The first-order valence-corrected chi connectivity index (χ1v) is 5.96. The fourth-order valence-electron chi connectivity index (χ4n) is 1.95. The molecule has 0 radical (unpaired) electrons. The molecule has 2 rings (SSSR count). The summed E-state index contributed by atoms with van der Waals surface area (Å²) in [4.78, 5) is 12.3. The molecule has 0 saturated heterocycles. The molecule has 6 heteroatoms. The van der Waals surface area contributed by atoms with Gasteiger partial charge < -0.3 is 10.1 Å². The van der Waals surface area contributed by atoms with Crippen LogP contribution in [0.3, 0.4) is 0 Å². The Kier molecular flexibility index (Phi) is 3.71. The van der Waals surface area contributed by atoms with Crippen molar-refractivity contribution in [2.45, 2.75) is 6.92 Å². The normalized spacial score (nSPS) is 9.90. The number of hydrogen-bond acceptors (Lipinski definition) is 4. The van der Waals surface area contributed by atoms with Crippen LogP contribution in [0.25, 0.3) is 0 Å². The van der Waals surface area contributed by atoms with E-state index in [4.69, 9.17) is 10.00 Å². The third-order valence-corrected chi connectivity index (χ3v) is 2.92. The molecule has 0 fully saturated rings. The smallest absolute Gasteiger partial charge is 0.259 e. The Labute approximate surface area is 116 Å². The summed E-state index contributed by atoms with van der Waals surface area (Å²) in [5.41, 5.74) is 1.73. The van der Waals surface area contributed by atoms with Crippen molar-refractivity contribution in [2.75, 3.05) is 12.4 Å². The van der Waals surface area contributed by atoms with E-state index in [9.17, 15) is 4.79 Å². The van der Waals surface area contributed by atoms with Gasteiger partial charge in [0.25, 0.3) is 5.91 Å². The van der Waals surface area contributed by atoms with Gasteiger partial charge in [-0.3, -0.25) is 9.48 Å². The number of nitrogens with zero attached hydrogens (tertiary/aromatic N) is 3. The van der Waals surface area contributed by atoms with Crippen molar-refractivity contribution in [3.63, 3.8) is 0 Å². The number of nitriles is 1. The highest BCUT2D eigenvalue weighted by Gasteiger charge is 2.18. The summed E-state index contributed by atoms with van der Waals surface area (Å²) in [7, 11) is 3.16. The van der Waals surface area contributed by atoms with Crippen molar-refractivity contribution in [1.29, 1.82) is 5.26 Å². The standard InChI is InChI=1S/C14H14N4O2/c1-9-13(11(8-15)18(2)17-9)16-14(19)10-6-4-5-7-12(10)20-3/h4-7H,1-3H3,(H,16,19). The molecule has 0 aliphatic carbocycles. The first kappa shape index (κ1) is 13.6. The van der Waals surface area contributed by atoms with Crippen LogP contribution in [0.4, 0.5) is 5.69 Å². The molecule has 0 bridgehead atoms. The average molecular weight is 270 g/mol. The Morgan fingerprint density at radius 1 is 1.45 bits per heavy atom. The minimum Gasteiger partial charge on any atom is -0.496 e. The van der Waals surface area contributed by atoms with Gasteiger partial charge in [-0.15, -0.1) is 0 Å². The minimum absolute atomic E-state index is 0.311. The number of anilines is 1. The van der Waals surface area contributed by atoms with Gasteiger partial charge in [-0.05, 0) is 19.1 Å². The molecule has 0 aliphatic heterocycles. The summed E-state index contributed by atoms with van der Waals surface area (Å²) in [6.07, 6.45) is 0. The molecule has 102 valence electrons. The van der Waals surface area contributed by atoms with Crippen LogP contribution in [0.2, 0.25) is 0 Å². The quantitative estimate of drug-likeness (QED) is 0.923. The zero-order chi connectivity index (χ0) is 14.7. The first-order valence-electron chi connectivity index (χ1n) is 5.96. The molecule has 6 nitrogen and oxygen atoms in total. The Hall–Kier alpha value is -2.81. The SMILES string of the molecule is COc1ccccc1C(=O)Nc1c(C)nn(C)c1C#N. The number of hydrogen-bond donors (Lipinski definition) is 1. The molecule has 1 aromatic carbocycles. The molecular weight excluding hydrogens is 256 g/mol. The third-order valence-electron chi connectivity index (χ3n) is 2.92. The van der Waals surface area contributed by atoms with E-state index in [0.717, 1.165) is 0 Å². The maximum Gasteiger partial charge on any atom is 0.259 e. The van der Waals surface area contributed by atoms with Crippen LogP contribution in [0, 0.1) is 18.3 Å². The van der Waals surface area contributed by atoms with E-state index < -0.39 is 0 Å². The number of carbonyl (C=O) groups is 1. The van der Waals surface area contributed by atoms with Gasteiger partial charge in [0.05, 0.1) is 18.4 Å². The molecule has 1 N–H and O–H groups in total. The summed E-state index contributed by atoms with van der Waals surface area (Å²) in [5, 5.41) is 15.9. The van der Waals surface area contributed by atoms with Gasteiger partial charge in [0, 0.05) is 7.05 Å². The van der Waals surface area contributed by atoms with Gasteiger partial charge in [-0.2, -0.15) is 10.4 Å². The molecule has 1 amide bonds. The topological polar surface area (TPSA) is 79.9 Å². The highest BCUT2D eigenvalue weighted by atomic mass is 16.5. The highest BCUT2D eigenvalue weighted by molar-refractivity contribution is 6.06. The number of methoxy groups -OCH3 is 1. The molecular formula is C14H14N4O2. The molecule has 0 aliphatic rings. The fourth-order valence-corrected chi connectivity index (χ4v) is 1.95. The minimum atomic E-state index is -0.338. The summed E-state index contributed by atoms with van der Waals surface area (Å²) in [6.45, 7) is 1.73. The molecule has 1 aromatic heterocycles. The first-order chi connectivity index (χ1) is 9.58. The maximum absolute atomic E-state index is 12.3. The van der Waals surface area contributed by atoms with Crippen LogP contribution in [-0.4, -0.2) is 22.8 Å². The number of nitrogens with one attached hydrogen (secondary N) is 1. The van der Waals surface area contributed by atoms with Crippen LogP contribution in [-0.2, 0) is 7.05 Å². The van der Waals surface area contributed by atoms with Gasteiger partial charge >= 0.3 is 0 Å². The summed E-state index contributed by atoms with van der Waals surface area (Å²) < 4.78 is 6.59. The van der Waals surface area contributed by atoms with Gasteiger partial charge in [0.15, 0.2) is 5.69 Å². The van der Waals surface area contributed by atoms with Crippen LogP contribution in [0.5, 0.6) is 5.75 Å². The fraction of sp³-hybridized carbons (Fsp3) is 0.214. The lowest BCUT2D eigenvalue weighted by Crippen LogP contribution is -2.14. The van der Waals surface area contributed by atoms with Crippen LogP contribution in [0.1, 0.15) is 21.7 Å². The number of aromatic nitrogens is 2. The maximum atomic E-state index is 12.3. The molecule has 0 unspecified atom stereocenters. The zero-order valence-corrected chi connectivity index (χ0v) is 11.5. The Morgan fingerprint density at radius 2 is 2.15 bits per heavy atom. The number of aryl methyl sites for hydroxylation is 2. The third kappa shape index (κ3) is 2.34. The van der Waals surface area contributed by atoms with Crippen molar-refractivity contribution in [3.05, 3.63) is 41.2 Å². The van der Waals surface area contributed by atoms with Gasteiger partial charge in [-0.1, -0.05) is 12.1 Å². The van der Waals surface area contributed by atoms with Gasteiger partial charge in [0.1, 0.15) is 17.5 Å². The van der Waals surface area contributed by atoms with E-state index in [-0.39, 0.29) is 5.91 Å². The van der Waals surface area contributed by atoms with Gasteiger partial charge in [-0.25, -0.2) is 0 Å². The lowest BCUT2D eigenvalue weighted by molar-refractivity contribution is 0.102. The zero-order valence-electron chi connectivity index (χ0n) is 11.5. The highest BCUT2D eigenvalue weighted by Crippen LogP contribution is 2.22. The average Bonchev–Trinajstić information content (AvgIpc) is 2.72. The van der Waals surface area contributed by atoms with E-state index in [1.165, 1.54) is 11.8 Å². The number of amides is 1. The van der Waals surface area contributed by atoms with Crippen LogP contribution < -0.4 is 10.1 Å². The molecule has 0 spiro atoms. The summed E-state index contributed by atoms with van der Waals surface area (Å²) in [6, 6.07) is 8.92. The van der Waals surface area contributed by atoms with E-state index in [1.807, 2.05) is 6.07 Å². The largest absolute Gasteiger partial charge is 0.496 e. The second kappa shape index (κ2) is 5.45. The second-order valence-electron chi connectivity index (χ2n) is 4.20. The van der Waals surface area contributed by atoms with Crippen molar-refractivity contribution < 1.29 is 9.53 Å². The van der Waals surface area contributed by atoms with Crippen molar-refractivity contribution >= 4 is 11.6 Å². The monoisotopic (exact) mass is 270 g/mol. The molecule has 20 heavy (non-hydrogen) atoms. The summed E-state index contributed by atoms with van der Waals surface area (Å²) in [5.74, 6) is 0.139. The van der Waals surface area contributed by atoms with E-state index in [2.05, 4.69) is 10.4 Å². The van der Waals surface area contributed by atoms with Crippen LogP contribution in [0.15, 0.2) is 24.3 Å². The molecule has 0 saturated carbocycles. The number of carbonyl (C=O) groups excluding carboxylic acids is 1. The lowest BCUT2D eigenvalue weighted by Gasteiger charge is -2.08.